The van der Waals surface area contributed by atoms with E-state index < -0.39 is 17.9 Å². The van der Waals surface area contributed by atoms with Crippen LogP contribution in [-0.2, 0) is 9.59 Å². The Balaban J connectivity index is 2.70. The quantitative estimate of drug-likeness (QED) is 0.757. The Morgan fingerprint density at radius 1 is 1.53 bits per heavy atom. The molecule has 0 spiro atoms. The Labute approximate surface area is 96.8 Å². The second-order valence-electron chi connectivity index (χ2n) is 3.59. The number of amides is 1. The van der Waals surface area contributed by atoms with E-state index in [1.807, 2.05) is 0 Å². The summed E-state index contributed by atoms with van der Waals surface area (Å²) in [6.07, 6.45) is -0.266. The van der Waals surface area contributed by atoms with Gasteiger partial charge in [0.15, 0.2) is 5.69 Å². The SMILES string of the molecule is CC(=O)CC(NC(=O)c1cc(C)on1)C(=O)O. The van der Waals surface area contributed by atoms with Crippen LogP contribution in [0.5, 0.6) is 0 Å². The molecule has 0 saturated heterocycles. The minimum atomic E-state index is -1.27. The fourth-order valence-corrected chi connectivity index (χ4v) is 1.19. The van der Waals surface area contributed by atoms with Crippen molar-refractivity contribution in [3.05, 3.63) is 17.5 Å². The number of rotatable bonds is 5. The number of carbonyl (C=O) groups is 3. The van der Waals surface area contributed by atoms with Crippen molar-refractivity contribution in [1.82, 2.24) is 10.5 Å². The topological polar surface area (TPSA) is 110 Å². The van der Waals surface area contributed by atoms with E-state index in [0.29, 0.717) is 5.76 Å². The number of hydrogen-bond donors (Lipinski definition) is 2. The van der Waals surface area contributed by atoms with Crippen LogP contribution in [0.25, 0.3) is 0 Å². The normalized spacial score (nSPS) is 11.9. The zero-order valence-electron chi connectivity index (χ0n) is 9.39. The van der Waals surface area contributed by atoms with Gasteiger partial charge in [-0.3, -0.25) is 9.59 Å². The van der Waals surface area contributed by atoms with Crippen molar-refractivity contribution < 1.29 is 24.0 Å². The second kappa shape index (κ2) is 5.24. The maximum atomic E-state index is 11.5. The van der Waals surface area contributed by atoms with E-state index >= 15 is 0 Å². The van der Waals surface area contributed by atoms with Gasteiger partial charge in [0.2, 0.25) is 0 Å². The van der Waals surface area contributed by atoms with Crippen LogP contribution in [0.1, 0.15) is 29.6 Å². The van der Waals surface area contributed by atoms with E-state index in [-0.39, 0.29) is 17.9 Å². The number of carbonyl (C=O) groups excluding carboxylic acids is 2. The molecule has 0 aliphatic rings. The van der Waals surface area contributed by atoms with Crippen molar-refractivity contribution in [3.8, 4) is 0 Å². The zero-order valence-corrected chi connectivity index (χ0v) is 9.39. The summed E-state index contributed by atoms with van der Waals surface area (Å²) in [6.45, 7) is 2.86. The minimum Gasteiger partial charge on any atom is -0.480 e. The van der Waals surface area contributed by atoms with Crippen molar-refractivity contribution >= 4 is 17.7 Å². The molecule has 1 heterocycles. The molecule has 1 rings (SSSR count). The number of nitrogens with one attached hydrogen (secondary N) is 1. The Morgan fingerprint density at radius 2 is 2.18 bits per heavy atom. The first-order valence-electron chi connectivity index (χ1n) is 4.86. The van der Waals surface area contributed by atoms with E-state index in [0.717, 1.165) is 0 Å². The zero-order chi connectivity index (χ0) is 13.0. The van der Waals surface area contributed by atoms with Gasteiger partial charge in [-0.05, 0) is 13.8 Å². The van der Waals surface area contributed by atoms with Gasteiger partial charge in [-0.2, -0.15) is 0 Å². The average Bonchev–Trinajstić information content (AvgIpc) is 2.63. The van der Waals surface area contributed by atoms with Gasteiger partial charge in [-0.25, -0.2) is 4.79 Å². The van der Waals surface area contributed by atoms with Crippen LogP contribution < -0.4 is 5.32 Å². The number of aliphatic carboxylic acids is 1. The third-order valence-corrected chi connectivity index (χ3v) is 1.96. The van der Waals surface area contributed by atoms with Gasteiger partial charge in [0, 0.05) is 12.5 Å². The molecule has 17 heavy (non-hydrogen) atoms. The summed E-state index contributed by atoms with van der Waals surface area (Å²) in [6, 6.07) is 0.124. The van der Waals surface area contributed by atoms with Gasteiger partial charge < -0.3 is 14.9 Å². The molecule has 1 aromatic heterocycles. The van der Waals surface area contributed by atoms with Crippen molar-refractivity contribution in [2.75, 3.05) is 0 Å². The highest BCUT2D eigenvalue weighted by atomic mass is 16.5. The van der Waals surface area contributed by atoms with Gasteiger partial charge in [0.1, 0.15) is 17.6 Å². The van der Waals surface area contributed by atoms with Gasteiger partial charge in [0.25, 0.3) is 5.91 Å². The van der Waals surface area contributed by atoms with E-state index in [1.165, 1.54) is 13.0 Å². The van der Waals surface area contributed by atoms with Crippen molar-refractivity contribution in [2.45, 2.75) is 26.3 Å². The van der Waals surface area contributed by atoms with E-state index in [9.17, 15) is 14.4 Å². The van der Waals surface area contributed by atoms with E-state index in [4.69, 9.17) is 5.11 Å². The summed E-state index contributed by atoms with van der Waals surface area (Å²) in [7, 11) is 0. The van der Waals surface area contributed by atoms with Gasteiger partial charge in [0.05, 0.1) is 0 Å². The van der Waals surface area contributed by atoms with Crippen LogP contribution in [-0.4, -0.2) is 34.0 Å². The third kappa shape index (κ3) is 3.71. The fourth-order valence-electron chi connectivity index (χ4n) is 1.19. The number of aryl methyl sites for hydroxylation is 1. The third-order valence-electron chi connectivity index (χ3n) is 1.96. The lowest BCUT2D eigenvalue weighted by molar-refractivity contribution is -0.140. The summed E-state index contributed by atoms with van der Waals surface area (Å²) in [5.41, 5.74) is -0.0164. The van der Waals surface area contributed by atoms with Crippen LogP contribution in [0.4, 0.5) is 0 Å². The second-order valence-corrected chi connectivity index (χ2v) is 3.59. The minimum absolute atomic E-state index is 0.0164. The Morgan fingerprint density at radius 3 is 2.59 bits per heavy atom. The number of Topliss-reactive ketones (excluding diaryl/α,β-unsaturated/α-hetero) is 1. The largest absolute Gasteiger partial charge is 0.480 e. The number of nitrogens with zero attached hydrogens (tertiary/aromatic N) is 1. The lowest BCUT2D eigenvalue weighted by Gasteiger charge is -2.11. The summed E-state index contributed by atoms with van der Waals surface area (Å²) in [5, 5.41) is 14.5. The monoisotopic (exact) mass is 240 g/mol. The first kappa shape index (κ1) is 12.9. The standard InChI is InChI=1S/C10H12N2O5/c1-5(13)3-8(10(15)16)11-9(14)7-4-6(2)17-12-7/h4,8H,3H2,1-2H3,(H,11,14)(H,15,16). The maximum absolute atomic E-state index is 11.5. The molecule has 1 atom stereocenters. The lowest BCUT2D eigenvalue weighted by atomic mass is 10.1. The molecule has 0 saturated carbocycles. The Bertz CT molecular complexity index is 451. The van der Waals surface area contributed by atoms with Crippen LogP contribution in [0.2, 0.25) is 0 Å². The van der Waals surface area contributed by atoms with Crippen LogP contribution in [0.15, 0.2) is 10.6 Å². The lowest BCUT2D eigenvalue weighted by Crippen LogP contribution is -2.42. The van der Waals surface area contributed by atoms with Gasteiger partial charge in [-0.15, -0.1) is 0 Å². The summed E-state index contributed by atoms with van der Waals surface area (Å²) in [4.78, 5) is 33.2. The Hall–Kier alpha value is -2.18. The molecule has 2 N–H and O–H groups in total. The summed E-state index contributed by atoms with van der Waals surface area (Å²) < 4.78 is 4.68. The fraction of sp³-hybridized carbons (Fsp3) is 0.400. The maximum Gasteiger partial charge on any atom is 0.326 e. The van der Waals surface area contributed by atoms with E-state index in [2.05, 4.69) is 15.0 Å². The van der Waals surface area contributed by atoms with E-state index in [1.54, 1.807) is 6.92 Å². The van der Waals surface area contributed by atoms with Crippen molar-refractivity contribution in [2.24, 2.45) is 0 Å². The van der Waals surface area contributed by atoms with Crippen molar-refractivity contribution in [3.63, 3.8) is 0 Å². The number of carboxylic acid groups (broad SMARTS) is 1. The number of ketones is 1. The molecule has 7 nitrogen and oxygen atoms in total. The molecule has 1 aromatic rings. The number of aromatic nitrogens is 1. The van der Waals surface area contributed by atoms with Crippen LogP contribution in [0.3, 0.4) is 0 Å². The molecule has 7 heteroatoms. The van der Waals surface area contributed by atoms with Gasteiger partial charge >= 0.3 is 5.97 Å². The molecule has 0 bridgehead atoms. The highest BCUT2D eigenvalue weighted by molar-refractivity contribution is 5.96. The molecule has 0 radical (unpaired) electrons. The number of hydrogen-bond acceptors (Lipinski definition) is 5. The Kier molecular flexibility index (Phi) is 3.97. The van der Waals surface area contributed by atoms with Crippen LogP contribution in [0, 0.1) is 6.92 Å². The summed E-state index contributed by atoms with van der Waals surface area (Å²) >= 11 is 0. The molecule has 1 amide bonds. The van der Waals surface area contributed by atoms with Crippen LogP contribution >= 0.6 is 0 Å². The summed E-state index contributed by atoms with van der Waals surface area (Å²) in [5.74, 6) is -1.84. The predicted octanol–water partition coefficient (Wildman–Crippen LogP) is 0.145. The molecular formula is C10H12N2O5. The highest BCUT2D eigenvalue weighted by Crippen LogP contribution is 2.03. The highest BCUT2D eigenvalue weighted by Gasteiger charge is 2.23. The molecule has 0 fully saturated rings. The first-order chi connectivity index (χ1) is 7.90. The molecule has 0 aliphatic carbocycles. The molecular weight excluding hydrogens is 228 g/mol. The van der Waals surface area contributed by atoms with Crippen molar-refractivity contribution in [1.29, 1.82) is 0 Å². The molecule has 0 aromatic carbocycles. The molecule has 0 aliphatic heterocycles. The average molecular weight is 240 g/mol. The number of carboxylic acids is 1. The molecule has 92 valence electrons. The molecule has 1 unspecified atom stereocenters. The smallest absolute Gasteiger partial charge is 0.326 e. The van der Waals surface area contributed by atoms with Gasteiger partial charge in [-0.1, -0.05) is 5.16 Å². The predicted molar refractivity (Wildman–Crippen MR) is 55.4 cm³/mol. The first-order valence-corrected chi connectivity index (χ1v) is 4.86.